The molecular formula is C15H21N3O2. The minimum atomic E-state index is -0.603. The molecule has 2 aromatic rings. The lowest BCUT2D eigenvalue weighted by Crippen LogP contribution is -2.06. The van der Waals surface area contributed by atoms with Gasteiger partial charge in [-0.3, -0.25) is 9.67 Å². The van der Waals surface area contributed by atoms with Crippen LogP contribution < -0.4 is 4.74 Å². The molecule has 0 saturated heterocycles. The third kappa shape index (κ3) is 2.82. The smallest absolute Gasteiger partial charge is 0.128 e. The Morgan fingerprint density at radius 2 is 2.10 bits per heavy atom. The van der Waals surface area contributed by atoms with Crippen LogP contribution in [0, 0.1) is 13.8 Å². The second-order valence-corrected chi connectivity index (χ2v) is 4.90. The predicted molar refractivity (Wildman–Crippen MR) is 76.8 cm³/mol. The summed E-state index contributed by atoms with van der Waals surface area (Å²) in [4.78, 5) is 4.41. The van der Waals surface area contributed by atoms with Gasteiger partial charge in [0.25, 0.3) is 0 Å². The number of nitrogens with zero attached hydrogens (tertiary/aromatic N) is 3. The zero-order chi connectivity index (χ0) is 14.7. The van der Waals surface area contributed by atoms with Gasteiger partial charge in [0.05, 0.1) is 19.4 Å². The standard InChI is InChI=1S/C15H21N3O2/c1-5-18-9-12(8-17-18)14(19)6-13-11(3)15(20-4)10(2)7-16-13/h7-9,14,19H,5-6H2,1-4H3. The van der Waals surface area contributed by atoms with Crippen LogP contribution in [0.25, 0.3) is 0 Å². The van der Waals surface area contributed by atoms with E-state index < -0.39 is 6.10 Å². The van der Waals surface area contributed by atoms with Gasteiger partial charge >= 0.3 is 0 Å². The zero-order valence-electron chi connectivity index (χ0n) is 12.4. The molecule has 0 spiro atoms. The molecule has 2 rings (SSSR count). The lowest BCUT2D eigenvalue weighted by molar-refractivity contribution is 0.176. The average molecular weight is 275 g/mol. The van der Waals surface area contributed by atoms with Crippen molar-refractivity contribution in [2.75, 3.05) is 7.11 Å². The highest BCUT2D eigenvalue weighted by atomic mass is 16.5. The van der Waals surface area contributed by atoms with Gasteiger partial charge in [0.15, 0.2) is 0 Å². The van der Waals surface area contributed by atoms with Crippen LogP contribution in [-0.2, 0) is 13.0 Å². The number of ether oxygens (including phenoxy) is 1. The zero-order valence-corrected chi connectivity index (χ0v) is 12.4. The fourth-order valence-electron chi connectivity index (χ4n) is 2.30. The Kier molecular flexibility index (Phi) is 4.39. The lowest BCUT2D eigenvalue weighted by atomic mass is 10.0. The average Bonchev–Trinajstić information content (AvgIpc) is 2.91. The van der Waals surface area contributed by atoms with Gasteiger partial charge in [-0.25, -0.2) is 0 Å². The molecule has 0 aliphatic carbocycles. The van der Waals surface area contributed by atoms with Crippen molar-refractivity contribution in [3.8, 4) is 5.75 Å². The number of methoxy groups -OCH3 is 1. The normalized spacial score (nSPS) is 12.4. The van der Waals surface area contributed by atoms with E-state index in [1.165, 1.54) is 0 Å². The van der Waals surface area contributed by atoms with E-state index in [0.717, 1.165) is 34.7 Å². The van der Waals surface area contributed by atoms with Crippen molar-refractivity contribution in [1.82, 2.24) is 14.8 Å². The molecule has 0 aromatic carbocycles. The van der Waals surface area contributed by atoms with E-state index in [2.05, 4.69) is 10.1 Å². The molecular weight excluding hydrogens is 254 g/mol. The highest BCUT2D eigenvalue weighted by Crippen LogP contribution is 2.27. The summed E-state index contributed by atoms with van der Waals surface area (Å²) in [5.74, 6) is 0.839. The molecule has 0 aliphatic rings. The van der Waals surface area contributed by atoms with Gasteiger partial charge in [-0.15, -0.1) is 0 Å². The van der Waals surface area contributed by atoms with Crippen LogP contribution in [0.2, 0.25) is 0 Å². The molecule has 5 nitrogen and oxygen atoms in total. The number of hydrogen-bond donors (Lipinski definition) is 1. The van der Waals surface area contributed by atoms with Crippen molar-refractivity contribution in [3.63, 3.8) is 0 Å². The van der Waals surface area contributed by atoms with Crippen molar-refractivity contribution in [3.05, 3.63) is 41.0 Å². The van der Waals surface area contributed by atoms with Gasteiger partial charge in [0, 0.05) is 47.7 Å². The van der Waals surface area contributed by atoms with E-state index >= 15 is 0 Å². The van der Waals surface area contributed by atoms with Crippen molar-refractivity contribution >= 4 is 0 Å². The monoisotopic (exact) mass is 275 g/mol. The van der Waals surface area contributed by atoms with Crippen LogP contribution in [0.15, 0.2) is 18.6 Å². The molecule has 0 radical (unpaired) electrons. The number of pyridine rings is 1. The fourth-order valence-corrected chi connectivity index (χ4v) is 2.30. The highest BCUT2D eigenvalue weighted by molar-refractivity contribution is 5.41. The first-order chi connectivity index (χ1) is 9.56. The summed E-state index contributed by atoms with van der Waals surface area (Å²) in [6.45, 7) is 6.74. The molecule has 2 aromatic heterocycles. The molecule has 108 valence electrons. The van der Waals surface area contributed by atoms with Crippen LogP contribution >= 0.6 is 0 Å². The molecule has 0 bridgehead atoms. The topological polar surface area (TPSA) is 60.2 Å². The van der Waals surface area contributed by atoms with E-state index in [4.69, 9.17) is 4.74 Å². The van der Waals surface area contributed by atoms with Gasteiger partial charge in [0.1, 0.15) is 5.75 Å². The molecule has 5 heteroatoms. The predicted octanol–water partition coefficient (Wildman–Crippen LogP) is 2.20. The maximum absolute atomic E-state index is 10.3. The SMILES string of the molecule is CCn1cc(C(O)Cc2ncc(C)c(OC)c2C)cn1. The Labute approximate surface area is 119 Å². The van der Waals surface area contributed by atoms with Crippen molar-refractivity contribution in [2.24, 2.45) is 0 Å². The van der Waals surface area contributed by atoms with Gasteiger partial charge < -0.3 is 9.84 Å². The summed E-state index contributed by atoms with van der Waals surface area (Å²) in [5.41, 5.74) is 3.65. The number of aryl methyl sites for hydroxylation is 2. The summed E-state index contributed by atoms with van der Waals surface area (Å²) >= 11 is 0. The Hall–Kier alpha value is -1.88. The van der Waals surface area contributed by atoms with Crippen LogP contribution in [0.1, 0.15) is 35.4 Å². The van der Waals surface area contributed by atoms with Crippen LogP contribution in [0.5, 0.6) is 5.75 Å². The van der Waals surface area contributed by atoms with Gasteiger partial charge in [-0.1, -0.05) is 0 Å². The number of aromatic nitrogens is 3. The molecule has 0 saturated carbocycles. The molecule has 0 fully saturated rings. The summed E-state index contributed by atoms with van der Waals surface area (Å²) in [6.07, 6.45) is 5.20. The Morgan fingerprint density at radius 3 is 2.70 bits per heavy atom. The van der Waals surface area contributed by atoms with E-state index in [1.807, 2.05) is 27.0 Å². The molecule has 0 amide bonds. The van der Waals surface area contributed by atoms with E-state index in [-0.39, 0.29) is 0 Å². The first kappa shape index (κ1) is 14.5. The van der Waals surface area contributed by atoms with Gasteiger partial charge in [-0.05, 0) is 20.8 Å². The minimum Gasteiger partial charge on any atom is -0.496 e. The number of rotatable bonds is 5. The first-order valence-corrected chi connectivity index (χ1v) is 6.76. The van der Waals surface area contributed by atoms with E-state index in [0.29, 0.717) is 6.42 Å². The third-order valence-electron chi connectivity index (χ3n) is 3.50. The summed E-state index contributed by atoms with van der Waals surface area (Å²) in [5, 5.41) is 14.5. The maximum atomic E-state index is 10.3. The Balaban J connectivity index is 2.21. The quantitative estimate of drug-likeness (QED) is 0.908. The fraction of sp³-hybridized carbons (Fsp3) is 0.467. The highest BCUT2D eigenvalue weighted by Gasteiger charge is 2.16. The Bertz CT molecular complexity index is 593. The van der Waals surface area contributed by atoms with Crippen LogP contribution in [-0.4, -0.2) is 27.0 Å². The van der Waals surface area contributed by atoms with Crippen LogP contribution in [0.4, 0.5) is 0 Å². The number of aliphatic hydroxyl groups excluding tert-OH is 1. The van der Waals surface area contributed by atoms with Crippen molar-refractivity contribution < 1.29 is 9.84 Å². The van der Waals surface area contributed by atoms with Gasteiger partial charge in [0.2, 0.25) is 0 Å². The summed E-state index contributed by atoms with van der Waals surface area (Å²) < 4.78 is 7.19. The van der Waals surface area contributed by atoms with E-state index in [1.54, 1.807) is 24.2 Å². The first-order valence-electron chi connectivity index (χ1n) is 6.76. The van der Waals surface area contributed by atoms with Crippen molar-refractivity contribution in [2.45, 2.75) is 39.8 Å². The second-order valence-electron chi connectivity index (χ2n) is 4.90. The Morgan fingerprint density at radius 1 is 1.35 bits per heavy atom. The molecule has 0 aliphatic heterocycles. The maximum Gasteiger partial charge on any atom is 0.128 e. The molecule has 1 N–H and O–H groups in total. The lowest BCUT2D eigenvalue weighted by Gasteiger charge is -2.14. The molecule has 2 heterocycles. The van der Waals surface area contributed by atoms with E-state index in [9.17, 15) is 5.11 Å². The molecule has 1 atom stereocenters. The van der Waals surface area contributed by atoms with Gasteiger partial charge in [-0.2, -0.15) is 5.10 Å². The number of hydrogen-bond acceptors (Lipinski definition) is 4. The second kappa shape index (κ2) is 6.05. The molecule has 20 heavy (non-hydrogen) atoms. The third-order valence-corrected chi connectivity index (χ3v) is 3.50. The van der Waals surface area contributed by atoms with Crippen molar-refractivity contribution in [1.29, 1.82) is 0 Å². The molecule has 1 unspecified atom stereocenters. The summed E-state index contributed by atoms with van der Waals surface area (Å²) in [6, 6.07) is 0. The largest absolute Gasteiger partial charge is 0.496 e. The summed E-state index contributed by atoms with van der Waals surface area (Å²) in [7, 11) is 1.65. The number of aliphatic hydroxyl groups is 1. The van der Waals surface area contributed by atoms with Crippen LogP contribution in [0.3, 0.4) is 0 Å². The minimum absolute atomic E-state index is 0.456.